The van der Waals surface area contributed by atoms with E-state index >= 15 is 0 Å². The van der Waals surface area contributed by atoms with Crippen molar-refractivity contribution in [1.29, 1.82) is 0 Å². The number of rotatable bonds is 10. The van der Waals surface area contributed by atoms with Gasteiger partial charge in [0, 0.05) is 38.3 Å². The lowest BCUT2D eigenvalue weighted by molar-refractivity contribution is -0.124. The van der Waals surface area contributed by atoms with Crippen LogP contribution in [0.4, 0.5) is 0 Å². The van der Waals surface area contributed by atoms with Gasteiger partial charge < -0.3 is 15.4 Å². The number of hydrogen-bond donors (Lipinski definition) is 2. The lowest BCUT2D eigenvalue weighted by Crippen LogP contribution is -2.36. The number of hydrogen-bond acceptors (Lipinski definition) is 4. The van der Waals surface area contributed by atoms with Crippen LogP contribution in [0.5, 0.6) is 0 Å². The Bertz CT molecular complexity index is 430. The Balaban J connectivity index is 0.000000580. The first-order valence-corrected chi connectivity index (χ1v) is 10.4. The molecule has 0 aromatic heterocycles. The Morgan fingerprint density at radius 3 is 2.07 bits per heavy atom. The van der Waals surface area contributed by atoms with Crippen molar-refractivity contribution in [3.8, 4) is 0 Å². The molecule has 0 unspecified atom stereocenters. The van der Waals surface area contributed by atoms with E-state index in [1.54, 1.807) is 7.05 Å². The number of ketones is 1. The van der Waals surface area contributed by atoms with Gasteiger partial charge in [-0.3, -0.25) is 14.4 Å². The van der Waals surface area contributed by atoms with Crippen LogP contribution in [0.1, 0.15) is 85.5 Å². The third-order valence-electron chi connectivity index (χ3n) is 4.50. The van der Waals surface area contributed by atoms with E-state index in [1.807, 2.05) is 27.7 Å². The molecule has 1 rings (SSSR count). The van der Waals surface area contributed by atoms with Crippen molar-refractivity contribution in [3.05, 3.63) is 0 Å². The highest BCUT2D eigenvalue weighted by atomic mass is 16.5. The summed E-state index contributed by atoms with van der Waals surface area (Å²) in [6.07, 6.45) is 8.40. The number of nitrogens with one attached hydrogen (secondary N) is 2. The molecule has 158 valence electrons. The number of ether oxygens (including phenoxy) is 1. The van der Waals surface area contributed by atoms with E-state index < -0.39 is 0 Å². The third-order valence-corrected chi connectivity index (χ3v) is 4.50. The predicted octanol–water partition coefficient (Wildman–Crippen LogP) is 3.38. The Hall–Kier alpha value is -1.43. The summed E-state index contributed by atoms with van der Waals surface area (Å²) in [7, 11) is 1.62. The zero-order chi connectivity index (χ0) is 20.7. The Morgan fingerprint density at radius 2 is 1.56 bits per heavy atom. The van der Waals surface area contributed by atoms with E-state index in [9.17, 15) is 14.4 Å². The molecular formula is C21H40N2O4. The maximum Gasteiger partial charge on any atom is 0.222 e. The molecule has 1 aliphatic rings. The highest BCUT2D eigenvalue weighted by Crippen LogP contribution is 2.17. The summed E-state index contributed by atoms with van der Waals surface area (Å²) >= 11 is 0. The molecular weight excluding hydrogens is 344 g/mol. The summed E-state index contributed by atoms with van der Waals surface area (Å²) < 4.78 is 5.15. The second-order valence-corrected chi connectivity index (χ2v) is 7.72. The fourth-order valence-electron chi connectivity index (χ4n) is 2.77. The van der Waals surface area contributed by atoms with Gasteiger partial charge in [-0.05, 0) is 33.1 Å². The molecule has 0 aromatic carbocycles. The normalized spacial score (nSPS) is 14.5. The standard InChI is InChI=1S/C14H25NO2.C7H15NO2/c1-11(2)13(16)9-6-10-14(17)15-12-7-4-3-5-8-12;1-6(2)10-5-4-7(9)8-3/h11-12H,3-10H2,1-2H3,(H,15,17);6H,4-5H2,1-3H3,(H,8,9). The minimum atomic E-state index is 0.0284. The van der Waals surface area contributed by atoms with Crippen LogP contribution in [0.25, 0.3) is 0 Å². The molecule has 0 aromatic rings. The van der Waals surface area contributed by atoms with Crippen molar-refractivity contribution < 1.29 is 19.1 Å². The smallest absolute Gasteiger partial charge is 0.222 e. The Kier molecular flexibility index (Phi) is 14.8. The molecule has 2 amide bonds. The fraction of sp³-hybridized carbons (Fsp3) is 0.857. The summed E-state index contributed by atoms with van der Waals surface area (Å²) in [6, 6.07) is 0.386. The molecule has 0 bridgehead atoms. The summed E-state index contributed by atoms with van der Waals surface area (Å²) in [4.78, 5) is 33.6. The molecule has 0 atom stereocenters. The lowest BCUT2D eigenvalue weighted by atomic mass is 9.95. The molecule has 1 aliphatic carbocycles. The van der Waals surface area contributed by atoms with Crippen molar-refractivity contribution in [3.63, 3.8) is 0 Å². The van der Waals surface area contributed by atoms with E-state index in [4.69, 9.17) is 4.74 Å². The van der Waals surface area contributed by atoms with Crippen molar-refractivity contribution >= 4 is 17.6 Å². The first kappa shape index (κ1) is 25.6. The van der Waals surface area contributed by atoms with Crippen LogP contribution in [0, 0.1) is 5.92 Å². The van der Waals surface area contributed by atoms with E-state index in [1.165, 1.54) is 19.3 Å². The van der Waals surface area contributed by atoms with Crippen LogP contribution >= 0.6 is 0 Å². The Morgan fingerprint density at radius 1 is 0.926 bits per heavy atom. The van der Waals surface area contributed by atoms with E-state index in [-0.39, 0.29) is 29.6 Å². The number of amides is 2. The van der Waals surface area contributed by atoms with Crippen LogP contribution in [-0.2, 0) is 19.1 Å². The summed E-state index contributed by atoms with van der Waals surface area (Å²) in [5.41, 5.74) is 0. The third kappa shape index (κ3) is 15.3. The van der Waals surface area contributed by atoms with Crippen molar-refractivity contribution in [2.75, 3.05) is 13.7 Å². The minimum absolute atomic E-state index is 0.0284. The van der Waals surface area contributed by atoms with Crippen LogP contribution in [0.15, 0.2) is 0 Å². The molecule has 6 nitrogen and oxygen atoms in total. The summed E-state index contributed by atoms with van der Waals surface area (Å²) in [6.45, 7) is 8.22. The number of Topliss-reactive ketones (excluding diaryl/α,β-unsaturated/α-hetero) is 1. The molecule has 0 aliphatic heterocycles. The van der Waals surface area contributed by atoms with Crippen molar-refractivity contribution in [2.45, 2.75) is 97.6 Å². The molecule has 0 heterocycles. The van der Waals surface area contributed by atoms with Crippen LogP contribution in [0.3, 0.4) is 0 Å². The van der Waals surface area contributed by atoms with Gasteiger partial charge in [0.25, 0.3) is 0 Å². The molecule has 0 radical (unpaired) electrons. The van der Waals surface area contributed by atoms with Gasteiger partial charge in [-0.2, -0.15) is 0 Å². The molecule has 27 heavy (non-hydrogen) atoms. The fourth-order valence-corrected chi connectivity index (χ4v) is 2.77. The number of carbonyl (C=O) groups excluding carboxylic acids is 3. The van der Waals surface area contributed by atoms with Crippen molar-refractivity contribution in [1.82, 2.24) is 10.6 Å². The molecule has 1 saturated carbocycles. The van der Waals surface area contributed by atoms with E-state index in [0.717, 1.165) is 12.8 Å². The minimum Gasteiger partial charge on any atom is -0.378 e. The SMILES string of the molecule is CC(C)C(=O)CCCC(=O)NC1CCCCC1.CNC(=O)CCOC(C)C. The van der Waals surface area contributed by atoms with Gasteiger partial charge in [0.05, 0.1) is 12.7 Å². The quantitative estimate of drug-likeness (QED) is 0.605. The van der Waals surface area contributed by atoms with Gasteiger partial charge in [0.2, 0.25) is 11.8 Å². The van der Waals surface area contributed by atoms with E-state index in [0.29, 0.717) is 38.3 Å². The molecule has 6 heteroatoms. The maximum atomic E-state index is 11.6. The largest absolute Gasteiger partial charge is 0.378 e. The average molecular weight is 385 g/mol. The summed E-state index contributed by atoms with van der Waals surface area (Å²) in [5.74, 6) is 0.501. The average Bonchev–Trinajstić information content (AvgIpc) is 2.62. The Labute approximate surface area is 165 Å². The van der Waals surface area contributed by atoms with Gasteiger partial charge in [-0.25, -0.2) is 0 Å². The van der Waals surface area contributed by atoms with Crippen LogP contribution < -0.4 is 10.6 Å². The molecule has 2 N–H and O–H groups in total. The van der Waals surface area contributed by atoms with Gasteiger partial charge in [0.15, 0.2) is 0 Å². The van der Waals surface area contributed by atoms with Crippen LogP contribution in [-0.4, -0.2) is 43.4 Å². The van der Waals surface area contributed by atoms with E-state index in [2.05, 4.69) is 10.6 Å². The van der Waals surface area contributed by atoms with Crippen LogP contribution in [0.2, 0.25) is 0 Å². The predicted molar refractivity (Wildman–Crippen MR) is 108 cm³/mol. The zero-order valence-electron chi connectivity index (χ0n) is 17.9. The second-order valence-electron chi connectivity index (χ2n) is 7.72. The monoisotopic (exact) mass is 384 g/mol. The highest BCUT2D eigenvalue weighted by molar-refractivity contribution is 5.81. The molecule has 0 spiro atoms. The first-order chi connectivity index (χ1) is 12.8. The van der Waals surface area contributed by atoms with Gasteiger partial charge in [0.1, 0.15) is 5.78 Å². The molecule has 0 saturated heterocycles. The maximum absolute atomic E-state index is 11.6. The highest BCUT2D eigenvalue weighted by Gasteiger charge is 2.15. The zero-order valence-corrected chi connectivity index (χ0v) is 17.9. The summed E-state index contributed by atoms with van der Waals surface area (Å²) in [5, 5.41) is 5.59. The molecule has 1 fully saturated rings. The topological polar surface area (TPSA) is 84.5 Å². The lowest BCUT2D eigenvalue weighted by Gasteiger charge is -2.22. The second kappa shape index (κ2) is 15.6. The first-order valence-electron chi connectivity index (χ1n) is 10.4. The van der Waals surface area contributed by atoms with Gasteiger partial charge in [-0.1, -0.05) is 33.1 Å². The van der Waals surface area contributed by atoms with Gasteiger partial charge >= 0.3 is 0 Å². The van der Waals surface area contributed by atoms with Crippen molar-refractivity contribution in [2.24, 2.45) is 5.92 Å². The number of carbonyl (C=O) groups is 3. The van der Waals surface area contributed by atoms with Gasteiger partial charge in [-0.15, -0.1) is 0 Å².